The molecular weight excluding hydrogens is 266 g/mol. The molecular formula is C14H16ClNO3. The van der Waals surface area contributed by atoms with Crippen LogP contribution in [-0.2, 0) is 16.0 Å². The number of benzene rings is 1. The Morgan fingerprint density at radius 1 is 1.47 bits per heavy atom. The van der Waals surface area contributed by atoms with E-state index in [0.717, 1.165) is 5.56 Å². The third-order valence-electron chi connectivity index (χ3n) is 3.59. The molecule has 0 aliphatic carbocycles. The monoisotopic (exact) mass is 281 g/mol. The Morgan fingerprint density at radius 3 is 2.79 bits per heavy atom. The number of hydrogen-bond acceptors (Lipinski definition) is 2. The van der Waals surface area contributed by atoms with Gasteiger partial charge >= 0.3 is 5.97 Å². The Bertz CT molecular complexity index is 517. The summed E-state index contributed by atoms with van der Waals surface area (Å²) in [5.74, 6) is -0.891. The van der Waals surface area contributed by atoms with Gasteiger partial charge in [-0.15, -0.1) is 0 Å². The maximum absolute atomic E-state index is 12.1. The van der Waals surface area contributed by atoms with E-state index in [1.165, 1.54) is 0 Å². The minimum Gasteiger partial charge on any atom is -0.481 e. The Kier molecular flexibility index (Phi) is 3.80. The van der Waals surface area contributed by atoms with Gasteiger partial charge in [0.25, 0.3) is 0 Å². The molecule has 1 atom stereocenters. The molecule has 19 heavy (non-hydrogen) atoms. The van der Waals surface area contributed by atoms with Crippen molar-refractivity contribution in [3.05, 3.63) is 34.9 Å². The normalized spacial score (nSPS) is 22.5. The van der Waals surface area contributed by atoms with Crippen LogP contribution in [0.3, 0.4) is 0 Å². The molecule has 1 aliphatic heterocycles. The van der Waals surface area contributed by atoms with Gasteiger partial charge in [0.1, 0.15) is 0 Å². The van der Waals surface area contributed by atoms with Gasteiger partial charge in [0.15, 0.2) is 0 Å². The SMILES string of the molecule is C[C@]1(C(=O)O)CCN(C(=O)Cc2cccc(Cl)c2)C1. The van der Waals surface area contributed by atoms with Gasteiger partial charge < -0.3 is 10.0 Å². The number of amides is 1. The fourth-order valence-electron chi connectivity index (χ4n) is 2.28. The summed E-state index contributed by atoms with van der Waals surface area (Å²) in [6.45, 7) is 2.46. The van der Waals surface area contributed by atoms with Crippen molar-refractivity contribution in [2.45, 2.75) is 19.8 Å². The smallest absolute Gasteiger partial charge is 0.311 e. The van der Waals surface area contributed by atoms with Crippen molar-refractivity contribution in [3.8, 4) is 0 Å². The van der Waals surface area contributed by atoms with Crippen molar-refractivity contribution in [2.24, 2.45) is 5.41 Å². The van der Waals surface area contributed by atoms with E-state index in [1.54, 1.807) is 30.0 Å². The van der Waals surface area contributed by atoms with Crippen LogP contribution in [-0.4, -0.2) is 35.0 Å². The minimum absolute atomic E-state index is 0.0489. The summed E-state index contributed by atoms with van der Waals surface area (Å²) in [7, 11) is 0. The summed E-state index contributed by atoms with van der Waals surface area (Å²) < 4.78 is 0. The van der Waals surface area contributed by atoms with Gasteiger partial charge in [-0.1, -0.05) is 23.7 Å². The summed E-state index contributed by atoms with van der Waals surface area (Å²) in [5.41, 5.74) is 0.0331. The number of carbonyl (C=O) groups excluding carboxylic acids is 1. The third kappa shape index (κ3) is 3.07. The Labute approximate surface area is 117 Å². The molecule has 0 saturated carbocycles. The van der Waals surface area contributed by atoms with Crippen LogP contribution in [0.15, 0.2) is 24.3 Å². The van der Waals surface area contributed by atoms with Crippen LogP contribution in [0.2, 0.25) is 5.02 Å². The Morgan fingerprint density at radius 2 is 2.21 bits per heavy atom. The molecule has 1 aromatic rings. The maximum atomic E-state index is 12.1. The molecule has 1 N–H and O–H groups in total. The van der Waals surface area contributed by atoms with E-state index >= 15 is 0 Å². The molecule has 1 saturated heterocycles. The van der Waals surface area contributed by atoms with E-state index < -0.39 is 11.4 Å². The van der Waals surface area contributed by atoms with Gasteiger partial charge in [-0.05, 0) is 31.0 Å². The Balaban J connectivity index is 2.01. The molecule has 0 aromatic heterocycles. The highest BCUT2D eigenvalue weighted by atomic mass is 35.5. The van der Waals surface area contributed by atoms with E-state index in [9.17, 15) is 9.59 Å². The van der Waals surface area contributed by atoms with Gasteiger partial charge in [-0.25, -0.2) is 0 Å². The fourth-order valence-corrected chi connectivity index (χ4v) is 2.49. The zero-order valence-electron chi connectivity index (χ0n) is 10.7. The lowest BCUT2D eigenvalue weighted by molar-refractivity contribution is -0.147. The van der Waals surface area contributed by atoms with Crippen molar-refractivity contribution in [3.63, 3.8) is 0 Å². The summed E-state index contributed by atoms with van der Waals surface area (Å²) in [4.78, 5) is 24.9. The molecule has 1 fully saturated rings. The highest BCUT2D eigenvalue weighted by Crippen LogP contribution is 2.30. The predicted molar refractivity (Wildman–Crippen MR) is 72.1 cm³/mol. The molecule has 0 radical (unpaired) electrons. The van der Waals surface area contributed by atoms with Crippen LogP contribution in [0.25, 0.3) is 0 Å². The number of carbonyl (C=O) groups is 2. The second-order valence-corrected chi connectivity index (χ2v) is 5.67. The zero-order valence-corrected chi connectivity index (χ0v) is 11.5. The van der Waals surface area contributed by atoms with E-state index in [-0.39, 0.29) is 18.9 Å². The van der Waals surface area contributed by atoms with E-state index in [2.05, 4.69) is 0 Å². The van der Waals surface area contributed by atoms with Gasteiger partial charge in [0.05, 0.1) is 11.8 Å². The van der Waals surface area contributed by atoms with E-state index in [1.807, 2.05) is 6.07 Å². The molecule has 5 heteroatoms. The number of halogens is 1. The van der Waals surface area contributed by atoms with Gasteiger partial charge in [-0.3, -0.25) is 9.59 Å². The molecule has 1 amide bonds. The number of hydrogen-bond donors (Lipinski definition) is 1. The molecule has 1 aromatic carbocycles. The second-order valence-electron chi connectivity index (χ2n) is 5.24. The number of carboxylic acids is 1. The number of likely N-dealkylation sites (tertiary alicyclic amines) is 1. The second kappa shape index (κ2) is 5.21. The summed E-state index contributed by atoms with van der Waals surface area (Å²) >= 11 is 5.87. The molecule has 4 nitrogen and oxygen atoms in total. The predicted octanol–water partition coefficient (Wildman–Crippen LogP) is 2.21. The minimum atomic E-state index is -0.842. The number of aliphatic carboxylic acids is 1. The third-order valence-corrected chi connectivity index (χ3v) is 3.82. The molecule has 102 valence electrons. The molecule has 0 unspecified atom stereocenters. The summed E-state index contributed by atoms with van der Waals surface area (Å²) in [6.07, 6.45) is 0.764. The lowest BCUT2D eigenvalue weighted by Crippen LogP contribution is -2.35. The first-order valence-electron chi connectivity index (χ1n) is 6.16. The van der Waals surface area contributed by atoms with Crippen LogP contribution >= 0.6 is 11.6 Å². The lowest BCUT2D eigenvalue weighted by atomic mass is 9.90. The molecule has 2 rings (SSSR count). The standard InChI is InChI=1S/C14H16ClNO3/c1-14(13(18)19)5-6-16(9-14)12(17)8-10-3-2-4-11(15)7-10/h2-4,7H,5-6,8-9H2,1H3,(H,18,19)/t14-/m0/s1. The van der Waals surface area contributed by atoms with Gasteiger partial charge in [0, 0.05) is 18.1 Å². The first-order chi connectivity index (χ1) is 8.90. The highest BCUT2D eigenvalue weighted by molar-refractivity contribution is 6.30. The van der Waals surface area contributed by atoms with Crippen LogP contribution in [0.5, 0.6) is 0 Å². The van der Waals surface area contributed by atoms with Crippen LogP contribution < -0.4 is 0 Å². The van der Waals surface area contributed by atoms with Crippen LogP contribution in [0.1, 0.15) is 18.9 Å². The summed E-state index contributed by atoms with van der Waals surface area (Å²) in [5, 5.41) is 9.74. The van der Waals surface area contributed by atoms with Crippen molar-refractivity contribution in [1.82, 2.24) is 4.90 Å². The quantitative estimate of drug-likeness (QED) is 0.924. The van der Waals surface area contributed by atoms with Crippen molar-refractivity contribution < 1.29 is 14.7 Å². The number of nitrogens with zero attached hydrogens (tertiary/aromatic N) is 1. The zero-order chi connectivity index (χ0) is 14.0. The molecule has 0 spiro atoms. The van der Waals surface area contributed by atoms with Crippen LogP contribution in [0, 0.1) is 5.41 Å². The maximum Gasteiger partial charge on any atom is 0.311 e. The first-order valence-corrected chi connectivity index (χ1v) is 6.54. The highest BCUT2D eigenvalue weighted by Gasteiger charge is 2.41. The average Bonchev–Trinajstić information content (AvgIpc) is 2.73. The average molecular weight is 282 g/mol. The van der Waals surface area contributed by atoms with E-state index in [4.69, 9.17) is 16.7 Å². The topological polar surface area (TPSA) is 57.6 Å². The van der Waals surface area contributed by atoms with Crippen molar-refractivity contribution in [2.75, 3.05) is 13.1 Å². The molecule has 0 bridgehead atoms. The number of rotatable bonds is 3. The van der Waals surface area contributed by atoms with Crippen molar-refractivity contribution in [1.29, 1.82) is 0 Å². The number of carboxylic acid groups (broad SMARTS) is 1. The Hall–Kier alpha value is -1.55. The summed E-state index contributed by atoms with van der Waals surface area (Å²) in [6, 6.07) is 7.16. The van der Waals surface area contributed by atoms with Crippen LogP contribution in [0.4, 0.5) is 0 Å². The fraction of sp³-hybridized carbons (Fsp3) is 0.429. The first kappa shape index (κ1) is 13.9. The van der Waals surface area contributed by atoms with Gasteiger partial charge in [-0.2, -0.15) is 0 Å². The van der Waals surface area contributed by atoms with Gasteiger partial charge in [0.2, 0.25) is 5.91 Å². The van der Waals surface area contributed by atoms with E-state index in [0.29, 0.717) is 18.0 Å². The van der Waals surface area contributed by atoms with Crippen molar-refractivity contribution >= 4 is 23.5 Å². The molecule has 1 aliphatic rings. The lowest BCUT2D eigenvalue weighted by Gasteiger charge is -2.20. The molecule has 1 heterocycles. The largest absolute Gasteiger partial charge is 0.481 e.